The number of Topliss-reactive ketones (excluding diaryl/α,β-unsaturated/α-hetero) is 1. The number of carbonyl (C=O) groups excluding carboxylic acids is 1. The number of nitrogens with zero attached hydrogens (tertiary/aromatic N) is 2. The summed E-state index contributed by atoms with van der Waals surface area (Å²) in [5.41, 5.74) is 7.19. The highest BCUT2D eigenvalue weighted by atomic mass is 16.1. The monoisotopic (exact) mass is 249 g/mol. The molecule has 1 aliphatic rings. The lowest BCUT2D eigenvalue weighted by molar-refractivity contribution is -0.120. The highest BCUT2D eigenvalue weighted by Gasteiger charge is 2.29. The van der Waals surface area contributed by atoms with Crippen molar-refractivity contribution in [3.05, 3.63) is 18.0 Å². The predicted octanol–water partition coefficient (Wildman–Crippen LogP) is 1.97. The normalized spacial score (nSPS) is 18.8. The lowest BCUT2D eigenvalue weighted by Gasteiger charge is -2.32. The van der Waals surface area contributed by atoms with Crippen LogP contribution in [0.4, 0.5) is 0 Å². The Labute approximate surface area is 109 Å². The Morgan fingerprint density at radius 3 is 2.78 bits per heavy atom. The second kappa shape index (κ2) is 5.65. The second-order valence-corrected chi connectivity index (χ2v) is 5.58. The van der Waals surface area contributed by atoms with Gasteiger partial charge in [-0.3, -0.25) is 9.48 Å². The van der Waals surface area contributed by atoms with Gasteiger partial charge in [-0.15, -0.1) is 0 Å². The van der Waals surface area contributed by atoms with Gasteiger partial charge >= 0.3 is 0 Å². The van der Waals surface area contributed by atoms with E-state index >= 15 is 0 Å². The van der Waals surface area contributed by atoms with Crippen LogP contribution in [0.2, 0.25) is 0 Å². The fourth-order valence-corrected chi connectivity index (χ4v) is 2.83. The number of hydrogen-bond acceptors (Lipinski definition) is 3. The van der Waals surface area contributed by atoms with E-state index in [2.05, 4.69) is 5.10 Å². The molecule has 1 fully saturated rings. The zero-order valence-electron chi connectivity index (χ0n) is 11.2. The largest absolute Gasteiger partial charge is 0.325 e. The Bertz CT molecular complexity index is 405. The van der Waals surface area contributed by atoms with E-state index in [1.54, 1.807) is 6.20 Å². The minimum absolute atomic E-state index is 0.220. The molecule has 2 N–H and O–H groups in total. The fraction of sp³-hybridized carbons (Fsp3) is 0.714. The van der Waals surface area contributed by atoms with Crippen molar-refractivity contribution in [1.29, 1.82) is 0 Å². The molecule has 1 aromatic rings. The smallest absolute Gasteiger partial charge is 0.135 e. The third-order valence-corrected chi connectivity index (χ3v) is 3.98. The topological polar surface area (TPSA) is 60.9 Å². The van der Waals surface area contributed by atoms with Gasteiger partial charge in [0.2, 0.25) is 0 Å². The number of aryl methyl sites for hydroxylation is 2. The van der Waals surface area contributed by atoms with Crippen LogP contribution >= 0.6 is 0 Å². The minimum atomic E-state index is -0.220. The number of ketones is 1. The Hall–Kier alpha value is -1.16. The number of rotatable bonds is 5. The fourth-order valence-electron chi connectivity index (χ4n) is 2.83. The van der Waals surface area contributed by atoms with E-state index in [1.807, 2.05) is 17.8 Å². The van der Waals surface area contributed by atoms with Crippen molar-refractivity contribution < 1.29 is 4.79 Å². The Morgan fingerprint density at radius 1 is 1.44 bits per heavy atom. The van der Waals surface area contributed by atoms with Gasteiger partial charge < -0.3 is 5.73 Å². The summed E-state index contributed by atoms with van der Waals surface area (Å²) in [5.74, 6) is 0.292. The third kappa shape index (κ3) is 3.42. The van der Waals surface area contributed by atoms with E-state index in [0.29, 0.717) is 18.6 Å². The Balaban J connectivity index is 1.80. The van der Waals surface area contributed by atoms with Gasteiger partial charge in [-0.1, -0.05) is 19.3 Å². The molecule has 0 aromatic carbocycles. The molecular formula is C14H23N3O. The molecule has 0 aliphatic heterocycles. The van der Waals surface area contributed by atoms with Crippen molar-refractivity contribution in [2.24, 2.45) is 12.8 Å². The lowest BCUT2D eigenvalue weighted by atomic mass is 9.78. The van der Waals surface area contributed by atoms with Crippen molar-refractivity contribution in [3.63, 3.8) is 0 Å². The molecule has 0 atom stereocenters. The van der Waals surface area contributed by atoms with E-state index in [9.17, 15) is 4.79 Å². The highest BCUT2D eigenvalue weighted by Crippen LogP contribution is 2.29. The molecular weight excluding hydrogens is 226 g/mol. The molecule has 0 spiro atoms. The van der Waals surface area contributed by atoms with Crippen molar-refractivity contribution in [2.45, 2.75) is 56.9 Å². The molecule has 1 heterocycles. The van der Waals surface area contributed by atoms with Gasteiger partial charge in [-0.05, 0) is 25.3 Å². The summed E-state index contributed by atoms with van der Waals surface area (Å²) in [6.45, 7) is 0. The van der Waals surface area contributed by atoms with Crippen LogP contribution in [0.15, 0.2) is 12.3 Å². The van der Waals surface area contributed by atoms with Crippen molar-refractivity contribution in [3.8, 4) is 0 Å². The summed E-state index contributed by atoms with van der Waals surface area (Å²) in [7, 11) is 1.91. The van der Waals surface area contributed by atoms with Crippen LogP contribution in [0.3, 0.4) is 0 Å². The van der Waals surface area contributed by atoms with Gasteiger partial charge in [0.25, 0.3) is 0 Å². The van der Waals surface area contributed by atoms with Crippen LogP contribution in [-0.4, -0.2) is 21.1 Å². The number of carbonyl (C=O) groups is 1. The molecule has 4 nitrogen and oxygen atoms in total. The summed E-state index contributed by atoms with van der Waals surface area (Å²) in [4.78, 5) is 12.0. The van der Waals surface area contributed by atoms with E-state index in [0.717, 1.165) is 25.0 Å². The Morgan fingerprint density at radius 2 is 2.17 bits per heavy atom. The first-order chi connectivity index (χ1) is 8.59. The number of nitrogens with two attached hydrogens (primary N) is 1. The van der Waals surface area contributed by atoms with Crippen LogP contribution in [0.1, 0.15) is 50.6 Å². The molecule has 1 saturated carbocycles. The maximum absolute atomic E-state index is 12.0. The molecule has 1 aliphatic carbocycles. The molecule has 1 aromatic heterocycles. The summed E-state index contributed by atoms with van der Waals surface area (Å²) >= 11 is 0. The number of hydrogen-bond donors (Lipinski definition) is 1. The maximum Gasteiger partial charge on any atom is 0.135 e. The highest BCUT2D eigenvalue weighted by molar-refractivity contribution is 5.79. The SMILES string of the molecule is Cn1nccc1CCC(=O)CC1(N)CCCCC1. The molecule has 18 heavy (non-hydrogen) atoms. The van der Waals surface area contributed by atoms with E-state index in [-0.39, 0.29) is 5.54 Å². The standard InChI is InChI=1S/C14H23N3O/c1-17-12(7-10-16-17)5-6-13(18)11-14(15)8-3-2-4-9-14/h7,10H,2-6,8-9,11,15H2,1H3. The van der Waals surface area contributed by atoms with Gasteiger partial charge in [-0.2, -0.15) is 5.10 Å². The van der Waals surface area contributed by atoms with Gasteiger partial charge in [0.1, 0.15) is 5.78 Å². The summed E-state index contributed by atoms with van der Waals surface area (Å²) < 4.78 is 1.83. The van der Waals surface area contributed by atoms with Crippen LogP contribution in [0, 0.1) is 0 Å². The minimum Gasteiger partial charge on any atom is -0.325 e. The first-order valence-corrected chi connectivity index (χ1v) is 6.87. The summed E-state index contributed by atoms with van der Waals surface area (Å²) in [6, 6.07) is 1.96. The molecule has 0 amide bonds. The van der Waals surface area contributed by atoms with E-state index in [4.69, 9.17) is 5.73 Å². The van der Waals surface area contributed by atoms with Crippen LogP contribution in [0.5, 0.6) is 0 Å². The predicted molar refractivity (Wildman–Crippen MR) is 71.2 cm³/mol. The molecule has 0 unspecified atom stereocenters. The maximum atomic E-state index is 12.0. The quantitative estimate of drug-likeness (QED) is 0.868. The third-order valence-electron chi connectivity index (χ3n) is 3.98. The average Bonchev–Trinajstić information content (AvgIpc) is 2.72. The second-order valence-electron chi connectivity index (χ2n) is 5.58. The van der Waals surface area contributed by atoms with Crippen molar-refractivity contribution >= 4 is 5.78 Å². The van der Waals surface area contributed by atoms with E-state index in [1.165, 1.54) is 19.3 Å². The van der Waals surface area contributed by atoms with Gasteiger partial charge in [0, 0.05) is 37.3 Å². The van der Waals surface area contributed by atoms with Gasteiger partial charge in [0.15, 0.2) is 0 Å². The average molecular weight is 249 g/mol. The molecule has 100 valence electrons. The molecule has 2 rings (SSSR count). The number of aromatic nitrogens is 2. The molecule has 0 saturated heterocycles. The zero-order chi connectivity index (χ0) is 13.0. The first kappa shape index (κ1) is 13.3. The summed E-state index contributed by atoms with van der Waals surface area (Å²) in [5, 5.41) is 4.10. The van der Waals surface area contributed by atoms with Gasteiger partial charge in [0.05, 0.1) is 0 Å². The lowest BCUT2D eigenvalue weighted by Crippen LogP contribution is -2.43. The van der Waals surface area contributed by atoms with Crippen LogP contribution < -0.4 is 5.73 Å². The zero-order valence-corrected chi connectivity index (χ0v) is 11.2. The van der Waals surface area contributed by atoms with Gasteiger partial charge in [-0.25, -0.2) is 0 Å². The molecule has 0 radical (unpaired) electrons. The van der Waals surface area contributed by atoms with Crippen LogP contribution in [-0.2, 0) is 18.3 Å². The van der Waals surface area contributed by atoms with Crippen molar-refractivity contribution in [2.75, 3.05) is 0 Å². The summed E-state index contributed by atoms with van der Waals surface area (Å²) in [6.07, 6.45) is 9.29. The molecule has 4 heteroatoms. The molecule has 0 bridgehead atoms. The van der Waals surface area contributed by atoms with Crippen molar-refractivity contribution in [1.82, 2.24) is 9.78 Å². The Kier molecular flexibility index (Phi) is 4.17. The van der Waals surface area contributed by atoms with E-state index < -0.39 is 0 Å². The van der Waals surface area contributed by atoms with Crippen LogP contribution in [0.25, 0.3) is 0 Å². The first-order valence-electron chi connectivity index (χ1n) is 6.87.